The SMILES string of the molecule is CC(C)(CO)[C@@H](N)c1cccc(OC(F)F)c1.Cl. The zero-order chi connectivity index (χ0) is 13.1. The molecule has 0 radical (unpaired) electrons. The maximum absolute atomic E-state index is 12.1. The molecule has 0 amide bonds. The Kier molecular flexibility index (Phi) is 6.52. The van der Waals surface area contributed by atoms with Crippen LogP contribution in [0.4, 0.5) is 8.78 Å². The number of aliphatic hydroxyl groups excluding tert-OH is 1. The first-order chi connectivity index (χ1) is 7.86. The van der Waals surface area contributed by atoms with Crippen LogP contribution in [0.15, 0.2) is 24.3 Å². The fourth-order valence-electron chi connectivity index (χ4n) is 1.43. The molecular weight excluding hydrogens is 264 g/mol. The van der Waals surface area contributed by atoms with Crippen LogP contribution in [0.1, 0.15) is 25.5 Å². The van der Waals surface area contributed by atoms with E-state index in [2.05, 4.69) is 4.74 Å². The lowest BCUT2D eigenvalue weighted by Gasteiger charge is -2.29. The molecular formula is C12H18ClF2NO2. The van der Waals surface area contributed by atoms with Gasteiger partial charge in [0.2, 0.25) is 0 Å². The summed E-state index contributed by atoms with van der Waals surface area (Å²) >= 11 is 0. The van der Waals surface area contributed by atoms with Gasteiger partial charge >= 0.3 is 6.61 Å². The smallest absolute Gasteiger partial charge is 0.387 e. The van der Waals surface area contributed by atoms with E-state index in [9.17, 15) is 13.9 Å². The zero-order valence-electron chi connectivity index (χ0n) is 10.3. The van der Waals surface area contributed by atoms with Crippen LogP contribution in [-0.2, 0) is 0 Å². The first-order valence-electron chi connectivity index (χ1n) is 5.28. The van der Waals surface area contributed by atoms with E-state index in [-0.39, 0.29) is 24.8 Å². The van der Waals surface area contributed by atoms with Crippen LogP contribution in [0.2, 0.25) is 0 Å². The van der Waals surface area contributed by atoms with Gasteiger partial charge in [0.15, 0.2) is 0 Å². The van der Waals surface area contributed by atoms with Gasteiger partial charge in [0.25, 0.3) is 0 Å². The molecule has 0 aliphatic rings. The summed E-state index contributed by atoms with van der Waals surface area (Å²) in [7, 11) is 0. The van der Waals surface area contributed by atoms with Crippen LogP contribution in [0.25, 0.3) is 0 Å². The highest BCUT2D eigenvalue weighted by Crippen LogP contribution is 2.32. The number of halogens is 3. The van der Waals surface area contributed by atoms with E-state index in [4.69, 9.17) is 5.73 Å². The second-order valence-corrected chi connectivity index (χ2v) is 4.58. The molecule has 18 heavy (non-hydrogen) atoms. The second kappa shape index (κ2) is 6.87. The molecule has 0 bridgehead atoms. The van der Waals surface area contributed by atoms with Crippen molar-refractivity contribution >= 4 is 12.4 Å². The van der Waals surface area contributed by atoms with Crippen molar-refractivity contribution in [3.63, 3.8) is 0 Å². The molecule has 0 heterocycles. The van der Waals surface area contributed by atoms with E-state index < -0.39 is 18.1 Å². The molecule has 0 saturated heterocycles. The maximum Gasteiger partial charge on any atom is 0.387 e. The predicted octanol–water partition coefficient (Wildman–Crippen LogP) is 2.73. The van der Waals surface area contributed by atoms with Gasteiger partial charge < -0.3 is 15.6 Å². The van der Waals surface area contributed by atoms with Crippen molar-refractivity contribution in [2.24, 2.45) is 11.1 Å². The summed E-state index contributed by atoms with van der Waals surface area (Å²) in [5, 5.41) is 9.21. The molecule has 0 spiro atoms. The molecule has 3 nitrogen and oxygen atoms in total. The molecule has 6 heteroatoms. The number of hydrogen-bond donors (Lipinski definition) is 2. The molecule has 104 valence electrons. The van der Waals surface area contributed by atoms with Crippen LogP contribution in [0, 0.1) is 5.41 Å². The van der Waals surface area contributed by atoms with Crippen LogP contribution in [0.3, 0.4) is 0 Å². The van der Waals surface area contributed by atoms with Crippen LogP contribution in [-0.4, -0.2) is 18.3 Å². The Labute approximate surface area is 111 Å². The molecule has 0 fully saturated rings. The van der Waals surface area contributed by atoms with E-state index in [0.29, 0.717) is 5.56 Å². The largest absolute Gasteiger partial charge is 0.435 e. The number of aliphatic hydroxyl groups is 1. The van der Waals surface area contributed by atoms with Crippen LogP contribution < -0.4 is 10.5 Å². The topological polar surface area (TPSA) is 55.5 Å². The highest BCUT2D eigenvalue weighted by Gasteiger charge is 2.27. The lowest BCUT2D eigenvalue weighted by atomic mass is 9.82. The minimum absolute atomic E-state index is 0. The number of hydrogen-bond acceptors (Lipinski definition) is 3. The predicted molar refractivity (Wildman–Crippen MR) is 68.1 cm³/mol. The molecule has 3 N–H and O–H groups in total. The lowest BCUT2D eigenvalue weighted by Crippen LogP contribution is -2.32. The van der Waals surface area contributed by atoms with Crippen LogP contribution >= 0.6 is 12.4 Å². The third-order valence-corrected chi connectivity index (χ3v) is 2.69. The normalized spacial score (nSPS) is 13.1. The highest BCUT2D eigenvalue weighted by molar-refractivity contribution is 5.85. The first kappa shape index (κ1) is 17.1. The molecule has 0 unspecified atom stereocenters. The maximum atomic E-state index is 12.1. The van der Waals surface area contributed by atoms with Gasteiger partial charge in [-0.1, -0.05) is 26.0 Å². The van der Waals surface area contributed by atoms with Crippen molar-refractivity contribution in [3.8, 4) is 5.75 Å². The van der Waals surface area contributed by atoms with Gasteiger partial charge in [-0.2, -0.15) is 8.78 Å². The number of benzene rings is 1. The summed E-state index contributed by atoms with van der Waals surface area (Å²) in [5.74, 6) is 0.0710. The standard InChI is InChI=1S/C12H17F2NO2.ClH/c1-12(2,7-16)10(15)8-4-3-5-9(6-8)17-11(13)14;/h3-6,10-11,16H,7,15H2,1-2H3;1H/t10-;/m0./s1. The van der Waals surface area contributed by atoms with Crippen LogP contribution in [0.5, 0.6) is 5.75 Å². The number of rotatable bonds is 5. The minimum Gasteiger partial charge on any atom is -0.435 e. The van der Waals surface area contributed by atoms with Crippen molar-refractivity contribution in [1.29, 1.82) is 0 Å². The average molecular weight is 282 g/mol. The minimum atomic E-state index is -2.85. The van der Waals surface area contributed by atoms with Crippen molar-refractivity contribution in [1.82, 2.24) is 0 Å². The summed E-state index contributed by atoms with van der Waals surface area (Å²) in [6.45, 7) is 0.664. The van der Waals surface area contributed by atoms with Crippen molar-refractivity contribution in [2.75, 3.05) is 6.61 Å². The number of nitrogens with two attached hydrogens (primary N) is 1. The molecule has 0 aliphatic carbocycles. The van der Waals surface area contributed by atoms with Gasteiger partial charge in [-0.3, -0.25) is 0 Å². The van der Waals surface area contributed by atoms with E-state index in [0.717, 1.165) is 0 Å². The third kappa shape index (κ3) is 4.40. The Bertz CT molecular complexity index is 375. The Morgan fingerprint density at radius 1 is 1.39 bits per heavy atom. The molecule has 1 aromatic carbocycles. The fraction of sp³-hybridized carbons (Fsp3) is 0.500. The summed E-state index contributed by atoms with van der Waals surface area (Å²) < 4.78 is 28.4. The first-order valence-corrected chi connectivity index (χ1v) is 5.28. The molecule has 1 rings (SSSR count). The van der Waals surface area contributed by atoms with E-state index in [1.54, 1.807) is 26.0 Å². The molecule has 0 aromatic heterocycles. The average Bonchev–Trinajstić information content (AvgIpc) is 2.27. The zero-order valence-corrected chi connectivity index (χ0v) is 11.1. The summed E-state index contributed by atoms with van der Waals surface area (Å²) in [5.41, 5.74) is 6.11. The van der Waals surface area contributed by atoms with E-state index >= 15 is 0 Å². The van der Waals surface area contributed by atoms with Gasteiger partial charge in [0, 0.05) is 18.1 Å². The Hall–Kier alpha value is -0.910. The highest BCUT2D eigenvalue weighted by atomic mass is 35.5. The van der Waals surface area contributed by atoms with Gasteiger partial charge in [0.1, 0.15) is 5.75 Å². The van der Waals surface area contributed by atoms with Crippen molar-refractivity contribution in [2.45, 2.75) is 26.5 Å². The molecule has 1 aromatic rings. The molecule has 1 atom stereocenters. The van der Waals surface area contributed by atoms with E-state index in [1.807, 2.05) is 0 Å². The van der Waals surface area contributed by atoms with Gasteiger partial charge in [-0.25, -0.2) is 0 Å². The van der Waals surface area contributed by atoms with Gasteiger partial charge in [-0.05, 0) is 17.7 Å². The summed E-state index contributed by atoms with van der Waals surface area (Å²) in [6, 6.07) is 5.78. The Balaban J connectivity index is 0.00000289. The van der Waals surface area contributed by atoms with Gasteiger partial charge in [0.05, 0.1) is 0 Å². The summed E-state index contributed by atoms with van der Waals surface area (Å²) in [4.78, 5) is 0. The fourth-order valence-corrected chi connectivity index (χ4v) is 1.43. The van der Waals surface area contributed by atoms with Gasteiger partial charge in [-0.15, -0.1) is 12.4 Å². The Morgan fingerprint density at radius 3 is 2.50 bits per heavy atom. The van der Waals surface area contributed by atoms with E-state index in [1.165, 1.54) is 12.1 Å². The monoisotopic (exact) mass is 281 g/mol. The lowest BCUT2D eigenvalue weighted by molar-refractivity contribution is -0.0499. The Morgan fingerprint density at radius 2 is 2.00 bits per heavy atom. The quantitative estimate of drug-likeness (QED) is 0.872. The third-order valence-electron chi connectivity index (χ3n) is 2.69. The van der Waals surface area contributed by atoms with Crippen molar-refractivity contribution in [3.05, 3.63) is 29.8 Å². The summed E-state index contributed by atoms with van der Waals surface area (Å²) in [6.07, 6.45) is 0. The van der Waals surface area contributed by atoms with Crippen molar-refractivity contribution < 1.29 is 18.6 Å². The number of alkyl halides is 2. The molecule has 0 saturated carbocycles. The second-order valence-electron chi connectivity index (χ2n) is 4.58. The molecule has 0 aliphatic heterocycles. The number of ether oxygens (including phenoxy) is 1.